The van der Waals surface area contributed by atoms with Crippen LogP contribution in [0.3, 0.4) is 0 Å². The van der Waals surface area contributed by atoms with Gasteiger partial charge in [0, 0.05) is 12.1 Å². The summed E-state index contributed by atoms with van der Waals surface area (Å²) in [6, 6.07) is 4.84. The van der Waals surface area contributed by atoms with Crippen LogP contribution in [-0.2, 0) is 11.3 Å². The van der Waals surface area contributed by atoms with Crippen molar-refractivity contribution in [1.29, 1.82) is 0 Å². The van der Waals surface area contributed by atoms with E-state index < -0.39 is 5.97 Å². The summed E-state index contributed by atoms with van der Waals surface area (Å²) in [5, 5.41) is 8.90. The molecule has 1 aromatic carbocycles. The number of carboxylic acids is 1. The number of carboxylic acid groups (broad SMARTS) is 1. The SMILES string of the molecule is CC(C)(C)N(CC(=O)O)Cc1ccc(Br)c(F)c1. The van der Waals surface area contributed by atoms with E-state index in [0.717, 1.165) is 5.56 Å². The summed E-state index contributed by atoms with van der Waals surface area (Å²) in [5.74, 6) is -1.22. The second kappa shape index (κ2) is 5.80. The summed E-state index contributed by atoms with van der Waals surface area (Å²) in [4.78, 5) is 12.6. The average Bonchev–Trinajstić information content (AvgIpc) is 2.20. The molecule has 5 heteroatoms. The van der Waals surface area contributed by atoms with E-state index in [9.17, 15) is 9.18 Å². The van der Waals surface area contributed by atoms with Gasteiger partial charge in [0.15, 0.2) is 0 Å². The first-order valence-corrected chi connectivity index (χ1v) is 6.40. The number of rotatable bonds is 4. The minimum absolute atomic E-state index is 0.0683. The van der Waals surface area contributed by atoms with Crippen LogP contribution in [0.5, 0.6) is 0 Å². The maximum Gasteiger partial charge on any atom is 0.317 e. The number of halogens is 2. The monoisotopic (exact) mass is 317 g/mol. The molecule has 100 valence electrons. The van der Waals surface area contributed by atoms with Crippen LogP contribution in [0.2, 0.25) is 0 Å². The molecular formula is C13H17BrFNO2. The van der Waals surface area contributed by atoms with E-state index in [-0.39, 0.29) is 17.9 Å². The van der Waals surface area contributed by atoms with Crippen LogP contribution in [0.1, 0.15) is 26.3 Å². The molecule has 18 heavy (non-hydrogen) atoms. The van der Waals surface area contributed by atoms with E-state index in [1.807, 2.05) is 20.8 Å². The molecule has 0 amide bonds. The van der Waals surface area contributed by atoms with Gasteiger partial charge >= 0.3 is 5.97 Å². The lowest BCUT2D eigenvalue weighted by Gasteiger charge is -2.34. The van der Waals surface area contributed by atoms with E-state index in [4.69, 9.17) is 5.11 Å². The van der Waals surface area contributed by atoms with Gasteiger partial charge in [0.05, 0.1) is 11.0 Å². The maximum absolute atomic E-state index is 13.4. The van der Waals surface area contributed by atoms with Gasteiger partial charge in [-0.25, -0.2) is 4.39 Å². The van der Waals surface area contributed by atoms with Crippen molar-refractivity contribution in [3.05, 3.63) is 34.1 Å². The summed E-state index contributed by atoms with van der Waals surface area (Å²) in [6.45, 7) is 6.14. The molecule has 0 aliphatic rings. The normalized spacial score (nSPS) is 11.9. The van der Waals surface area contributed by atoms with Crippen LogP contribution in [0.4, 0.5) is 4.39 Å². The molecule has 0 heterocycles. The number of hydrogen-bond donors (Lipinski definition) is 1. The van der Waals surface area contributed by atoms with Crippen molar-refractivity contribution >= 4 is 21.9 Å². The zero-order valence-electron chi connectivity index (χ0n) is 10.7. The van der Waals surface area contributed by atoms with Crippen molar-refractivity contribution in [2.45, 2.75) is 32.9 Å². The predicted octanol–water partition coefficient (Wildman–Crippen LogP) is 3.27. The summed E-state index contributed by atoms with van der Waals surface area (Å²) < 4.78 is 13.8. The zero-order chi connectivity index (χ0) is 13.9. The molecule has 1 rings (SSSR count). The van der Waals surface area contributed by atoms with E-state index >= 15 is 0 Å². The lowest BCUT2D eigenvalue weighted by molar-refractivity contribution is -0.139. The minimum atomic E-state index is -0.887. The van der Waals surface area contributed by atoms with Crippen molar-refractivity contribution in [2.24, 2.45) is 0 Å². The number of hydrogen-bond acceptors (Lipinski definition) is 2. The highest BCUT2D eigenvalue weighted by Crippen LogP contribution is 2.20. The third kappa shape index (κ3) is 4.38. The standard InChI is InChI=1S/C13H17BrFNO2/c1-13(2,3)16(8-12(17)18)7-9-4-5-10(14)11(15)6-9/h4-6H,7-8H2,1-3H3,(H,17,18). The Morgan fingerprint density at radius 3 is 2.50 bits per heavy atom. The van der Waals surface area contributed by atoms with Crippen LogP contribution in [0.25, 0.3) is 0 Å². The first kappa shape index (κ1) is 15.1. The highest BCUT2D eigenvalue weighted by molar-refractivity contribution is 9.10. The van der Waals surface area contributed by atoms with E-state index in [0.29, 0.717) is 11.0 Å². The molecule has 1 N–H and O–H groups in total. The van der Waals surface area contributed by atoms with Crippen LogP contribution in [-0.4, -0.2) is 28.1 Å². The van der Waals surface area contributed by atoms with Gasteiger partial charge in [0.2, 0.25) is 0 Å². The molecule has 0 bridgehead atoms. The molecule has 0 aliphatic carbocycles. The van der Waals surface area contributed by atoms with Gasteiger partial charge in [-0.3, -0.25) is 9.69 Å². The van der Waals surface area contributed by atoms with Gasteiger partial charge in [-0.05, 0) is 54.4 Å². The first-order chi connectivity index (χ1) is 8.20. The van der Waals surface area contributed by atoms with Gasteiger partial charge in [-0.1, -0.05) is 6.07 Å². The fourth-order valence-corrected chi connectivity index (χ4v) is 1.80. The van der Waals surface area contributed by atoms with E-state index in [1.165, 1.54) is 6.07 Å². The Labute approximate surface area is 115 Å². The molecule has 0 spiro atoms. The van der Waals surface area contributed by atoms with Crippen LogP contribution in [0.15, 0.2) is 22.7 Å². The fraction of sp³-hybridized carbons (Fsp3) is 0.462. The smallest absolute Gasteiger partial charge is 0.317 e. The van der Waals surface area contributed by atoms with Crippen LogP contribution >= 0.6 is 15.9 Å². The van der Waals surface area contributed by atoms with Gasteiger partial charge in [0.25, 0.3) is 0 Å². The Bertz CT molecular complexity index is 443. The largest absolute Gasteiger partial charge is 0.480 e. The van der Waals surface area contributed by atoms with Crippen molar-refractivity contribution < 1.29 is 14.3 Å². The van der Waals surface area contributed by atoms with E-state index in [1.54, 1.807) is 17.0 Å². The van der Waals surface area contributed by atoms with Gasteiger partial charge in [-0.2, -0.15) is 0 Å². The molecule has 1 aromatic rings. The molecule has 0 fully saturated rings. The molecule has 0 radical (unpaired) electrons. The van der Waals surface area contributed by atoms with Gasteiger partial charge < -0.3 is 5.11 Å². The van der Waals surface area contributed by atoms with E-state index in [2.05, 4.69) is 15.9 Å². The number of nitrogens with zero attached hydrogens (tertiary/aromatic N) is 1. The fourth-order valence-electron chi connectivity index (χ4n) is 1.55. The zero-order valence-corrected chi connectivity index (χ0v) is 12.3. The van der Waals surface area contributed by atoms with Crippen LogP contribution < -0.4 is 0 Å². The Hall–Kier alpha value is -0.940. The third-order valence-corrected chi connectivity index (χ3v) is 3.28. The molecular weight excluding hydrogens is 301 g/mol. The molecule has 0 aromatic heterocycles. The van der Waals surface area contributed by atoms with Gasteiger partial charge in [0.1, 0.15) is 5.82 Å². The molecule has 0 aliphatic heterocycles. The Balaban J connectivity index is 2.89. The van der Waals surface area contributed by atoms with Crippen molar-refractivity contribution in [1.82, 2.24) is 4.90 Å². The van der Waals surface area contributed by atoms with Gasteiger partial charge in [-0.15, -0.1) is 0 Å². The predicted molar refractivity (Wildman–Crippen MR) is 71.9 cm³/mol. The molecule has 0 atom stereocenters. The molecule has 3 nitrogen and oxygen atoms in total. The summed E-state index contributed by atoms with van der Waals surface area (Å²) in [6.07, 6.45) is 0. The molecule has 0 unspecified atom stereocenters. The highest BCUT2D eigenvalue weighted by atomic mass is 79.9. The Kier molecular flexibility index (Phi) is 4.87. The summed E-state index contributed by atoms with van der Waals surface area (Å²) in [5.41, 5.74) is 0.467. The Morgan fingerprint density at radius 2 is 2.06 bits per heavy atom. The summed E-state index contributed by atoms with van der Waals surface area (Å²) in [7, 11) is 0. The van der Waals surface area contributed by atoms with Crippen LogP contribution in [0, 0.1) is 5.82 Å². The van der Waals surface area contributed by atoms with Crippen molar-refractivity contribution in [3.63, 3.8) is 0 Å². The quantitative estimate of drug-likeness (QED) is 0.926. The highest BCUT2D eigenvalue weighted by Gasteiger charge is 2.23. The Morgan fingerprint density at radius 1 is 1.44 bits per heavy atom. The van der Waals surface area contributed by atoms with Crippen molar-refractivity contribution in [3.8, 4) is 0 Å². The topological polar surface area (TPSA) is 40.5 Å². The lowest BCUT2D eigenvalue weighted by atomic mass is 10.0. The number of carbonyl (C=O) groups is 1. The average molecular weight is 318 g/mol. The summed E-state index contributed by atoms with van der Waals surface area (Å²) >= 11 is 3.09. The third-order valence-electron chi connectivity index (χ3n) is 2.63. The second-order valence-electron chi connectivity index (χ2n) is 5.17. The lowest BCUT2D eigenvalue weighted by Crippen LogP contribution is -2.43. The molecule has 0 saturated carbocycles. The van der Waals surface area contributed by atoms with Crippen molar-refractivity contribution in [2.75, 3.05) is 6.54 Å². The minimum Gasteiger partial charge on any atom is -0.480 e. The second-order valence-corrected chi connectivity index (χ2v) is 6.02. The number of benzene rings is 1. The maximum atomic E-state index is 13.4. The first-order valence-electron chi connectivity index (χ1n) is 5.61. The number of aliphatic carboxylic acids is 1. The molecule has 0 saturated heterocycles.